The van der Waals surface area contributed by atoms with Crippen LogP contribution in [-0.2, 0) is 4.74 Å². The van der Waals surface area contributed by atoms with Crippen molar-refractivity contribution in [2.24, 2.45) is 5.92 Å². The van der Waals surface area contributed by atoms with Gasteiger partial charge in [-0.1, -0.05) is 7.43 Å². The molecule has 1 spiro atoms. The van der Waals surface area contributed by atoms with Gasteiger partial charge >= 0.3 is 0 Å². The van der Waals surface area contributed by atoms with E-state index in [-0.39, 0.29) is 25.4 Å². The zero-order valence-corrected chi connectivity index (χ0v) is 10.2. The Kier molecular flexibility index (Phi) is 4.38. The summed E-state index contributed by atoms with van der Waals surface area (Å²) in [4.78, 5) is 2.58. The van der Waals surface area contributed by atoms with Gasteiger partial charge in [0.15, 0.2) is 0 Å². The molecule has 0 aromatic rings. The lowest BCUT2D eigenvalue weighted by Gasteiger charge is -2.50. The smallest absolute Gasteiger partial charge is 0.101 e. The summed E-state index contributed by atoms with van der Waals surface area (Å²) in [6, 6.07) is 0. The van der Waals surface area contributed by atoms with Crippen LogP contribution in [0.2, 0.25) is 0 Å². The highest BCUT2D eigenvalue weighted by Gasteiger charge is 2.51. The summed E-state index contributed by atoms with van der Waals surface area (Å²) in [6.45, 7) is 6.02. The van der Waals surface area contributed by atoms with Crippen LogP contribution in [0.15, 0.2) is 0 Å². The van der Waals surface area contributed by atoms with Gasteiger partial charge in [-0.05, 0) is 38.8 Å². The van der Waals surface area contributed by atoms with E-state index in [0.717, 1.165) is 5.92 Å². The second-order valence-electron chi connectivity index (χ2n) is 4.61. The van der Waals surface area contributed by atoms with Gasteiger partial charge in [0.05, 0.1) is 5.60 Å². The van der Waals surface area contributed by atoms with E-state index in [1.807, 2.05) is 11.8 Å². The third-order valence-electron chi connectivity index (χ3n) is 3.79. The number of thioether (sulfide) groups is 1. The van der Waals surface area contributed by atoms with Crippen molar-refractivity contribution in [1.82, 2.24) is 4.90 Å². The molecule has 0 N–H and O–H groups in total. The number of hydrogen-bond donors (Lipinski definition) is 0. The monoisotopic (exact) mass is 251 g/mol. The van der Waals surface area contributed by atoms with Gasteiger partial charge < -0.3 is 9.64 Å². The topological polar surface area (TPSA) is 12.5 Å². The first-order valence-corrected chi connectivity index (χ1v) is 6.35. The Morgan fingerprint density at radius 1 is 1.33 bits per heavy atom. The maximum absolute atomic E-state index is 6.14. The maximum atomic E-state index is 6.14. The molecule has 4 heterocycles. The van der Waals surface area contributed by atoms with E-state index < -0.39 is 0 Å². The zero-order chi connectivity index (χ0) is 8.89. The highest BCUT2D eigenvalue weighted by Crippen LogP contribution is 2.46. The fourth-order valence-electron chi connectivity index (χ4n) is 3.08. The third kappa shape index (κ3) is 2.17. The maximum Gasteiger partial charge on any atom is 0.101 e. The van der Waals surface area contributed by atoms with E-state index >= 15 is 0 Å². The van der Waals surface area contributed by atoms with E-state index in [1.165, 1.54) is 38.2 Å². The van der Waals surface area contributed by atoms with Gasteiger partial charge in [0.2, 0.25) is 0 Å². The lowest BCUT2D eigenvalue weighted by molar-refractivity contribution is -0.133. The molecule has 90 valence electrons. The van der Waals surface area contributed by atoms with Crippen molar-refractivity contribution < 1.29 is 4.74 Å². The minimum atomic E-state index is 0. The third-order valence-corrected chi connectivity index (χ3v) is 5.01. The molecule has 0 saturated carbocycles. The molecule has 0 amide bonds. The van der Waals surface area contributed by atoms with Crippen LogP contribution in [0, 0.1) is 5.92 Å². The van der Waals surface area contributed by atoms with Crippen LogP contribution < -0.4 is 0 Å². The van der Waals surface area contributed by atoms with E-state index in [2.05, 4.69) is 11.8 Å². The zero-order valence-electron chi connectivity index (χ0n) is 8.57. The van der Waals surface area contributed by atoms with E-state index in [9.17, 15) is 0 Å². The Morgan fingerprint density at radius 3 is 2.40 bits per heavy atom. The summed E-state index contributed by atoms with van der Waals surface area (Å²) in [5, 5.41) is 0. The molecule has 4 aliphatic rings. The molecular formula is C11H22ClNOS. The van der Waals surface area contributed by atoms with Gasteiger partial charge in [0.25, 0.3) is 0 Å². The lowest BCUT2D eigenvalue weighted by atomic mass is 9.76. The quantitative estimate of drug-likeness (QED) is 0.657. The first kappa shape index (κ1) is 13.6. The lowest BCUT2D eigenvalue weighted by Crippen LogP contribution is -2.60. The average Bonchev–Trinajstić information content (AvgIpc) is 2.49. The molecule has 0 aliphatic carbocycles. The molecular weight excluding hydrogens is 230 g/mol. The first-order valence-electron chi connectivity index (χ1n) is 5.30. The molecule has 4 fully saturated rings. The van der Waals surface area contributed by atoms with Crippen LogP contribution in [-0.4, -0.2) is 41.3 Å². The molecule has 2 bridgehead atoms. The van der Waals surface area contributed by atoms with Crippen molar-refractivity contribution in [3.8, 4) is 0 Å². The second kappa shape index (κ2) is 4.82. The van der Waals surface area contributed by atoms with Crippen molar-refractivity contribution in [1.29, 1.82) is 0 Å². The molecule has 4 saturated heterocycles. The van der Waals surface area contributed by atoms with Crippen LogP contribution in [0.25, 0.3) is 0 Å². The Morgan fingerprint density at radius 2 is 2.00 bits per heavy atom. The first-order chi connectivity index (χ1) is 6.28. The Hall–Kier alpha value is 0.560. The number of hydrogen-bond acceptors (Lipinski definition) is 3. The molecule has 4 heteroatoms. The average molecular weight is 252 g/mol. The summed E-state index contributed by atoms with van der Waals surface area (Å²) in [5.74, 6) is 2.09. The Labute approximate surface area is 104 Å². The van der Waals surface area contributed by atoms with Crippen molar-refractivity contribution in [2.75, 3.05) is 25.4 Å². The minimum Gasteiger partial charge on any atom is -0.359 e. The molecule has 4 rings (SSSR count). The molecule has 0 unspecified atom stereocenters. The summed E-state index contributed by atoms with van der Waals surface area (Å²) < 4.78 is 6.14. The highest BCUT2D eigenvalue weighted by molar-refractivity contribution is 8.00. The van der Waals surface area contributed by atoms with Gasteiger partial charge in [-0.25, -0.2) is 0 Å². The van der Waals surface area contributed by atoms with Crippen LogP contribution in [0.3, 0.4) is 0 Å². The van der Waals surface area contributed by atoms with Crippen LogP contribution in [0.5, 0.6) is 0 Å². The molecule has 15 heavy (non-hydrogen) atoms. The van der Waals surface area contributed by atoms with Crippen LogP contribution in [0.4, 0.5) is 0 Å². The van der Waals surface area contributed by atoms with E-state index in [0.29, 0.717) is 5.44 Å². The minimum absolute atomic E-state index is 0. The molecule has 0 aromatic heterocycles. The largest absolute Gasteiger partial charge is 0.359 e. The summed E-state index contributed by atoms with van der Waals surface area (Å²) in [6.07, 6.45) is 2.74. The molecule has 2 atom stereocenters. The fraction of sp³-hybridized carbons (Fsp3) is 1.00. The number of nitrogens with zero attached hydrogens (tertiary/aromatic N) is 1. The van der Waals surface area contributed by atoms with Crippen molar-refractivity contribution in [3.05, 3.63) is 0 Å². The summed E-state index contributed by atoms with van der Waals surface area (Å²) >= 11 is 1.99. The number of fused-ring (bicyclic) bond motifs is 2. The summed E-state index contributed by atoms with van der Waals surface area (Å²) in [5.41, 5.74) is 0.682. The molecule has 2 nitrogen and oxygen atoms in total. The van der Waals surface area contributed by atoms with E-state index in [1.54, 1.807) is 0 Å². The number of piperidine rings is 3. The predicted molar refractivity (Wildman–Crippen MR) is 68.9 cm³/mol. The van der Waals surface area contributed by atoms with E-state index in [4.69, 9.17) is 4.74 Å². The predicted octanol–water partition coefficient (Wildman–Crippen LogP) is 2.62. The van der Waals surface area contributed by atoms with Gasteiger partial charge in [0, 0.05) is 12.3 Å². The standard InChI is InChI=1S/C10H17NOS.CH4.ClH/c1-8-12-10(7-13-8)6-11-4-2-9(10)3-5-11;;/h8-9H,2-7H2,1H3;1H4;1H/t8-,10-;;/m0../s1. The Bertz CT molecular complexity index is 221. The number of ether oxygens (including phenoxy) is 1. The molecule has 4 aliphatic heterocycles. The fourth-order valence-corrected chi connectivity index (χ4v) is 4.25. The van der Waals surface area contributed by atoms with Crippen molar-refractivity contribution >= 4 is 24.2 Å². The normalized spacial score (nSPS) is 47.4. The number of rotatable bonds is 0. The number of halogens is 1. The SMILES string of the molecule is C.C[C@H]1O[C@]2(CS1)CN1CCC2CC1.Cl. The van der Waals surface area contributed by atoms with Gasteiger partial charge in [0.1, 0.15) is 5.44 Å². The van der Waals surface area contributed by atoms with Crippen molar-refractivity contribution in [2.45, 2.75) is 38.2 Å². The summed E-state index contributed by atoms with van der Waals surface area (Å²) in [7, 11) is 0. The molecule has 0 radical (unpaired) electrons. The van der Waals surface area contributed by atoms with Crippen LogP contribution in [0.1, 0.15) is 27.2 Å². The van der Waals surface area contributed by atoms with Crippen molar-refractivity contribution in [3.63, 3.8) is 0 Å². The second-order valence-corrected chi connectivity index (χ2v) is 5.90. The van der Waals surface area contributed by atoms with Gasteiger partial charge in [-0.2, -0.15) is 0 Å². The Balaban J connectivity index is 0.000000562. The van der Waals surface area contributed by atoms with Crippen LogP contribution >= 0.6 is 24.2 Å². The highest BCUT2D eigenvalue weighted by atomic mass is 35.5. The van der Waals surface area contributed by atoms with Gasteiger partial charge in [-0.3, -0.25) is 0 Å². The van der Waals surface area contributed by atoms with Gasteiger partial charge in [-0.15, -0.1) is 24.2 Å². The molecule has 0 aromatic carbocycles.